The third kappa shape index (κ3) is 2.68. The van der Waals surface area contributed by atoms with E-state index in [-0.39, 0.29) is 5.82 Å². The van der Waals surface area contributed by atoms with E-state index in [1.54, 1.807) is 12.1 Å². The van der Waals surface area contributed by atoms with Crippen molar-refractivity contribution in [2.75, 3.05) is 20.2 Å². The Morgan fingerprint density at radius 3 is 2.67 bits per heavy atom. The molecule has 2 unspecified atom stereocenters. The number of nitrogens with zero attached hydrogens (tertiary/aromatic N) is 1. The van der Waals surface area contributed by atoms with Crippen molar-refractivity contribution in [2.45, 2.75) is 18.6 Å². The van der Waals surface area contributed by atoms with Crippen LogP contribution in [0.2, 0.25) is 0 Å². The van der Waals surface area contributed by atoms with Gasteiger partial charge in [0.05, 0.1) is 13.2 Å². The average molecular weight is 253 g/mol. The molecule has 2 rings (SSSR count). The zero-order chi connectivity index (χ0) is 13.1. The second-order valence-electron chi connectivity index (χ2n) is 4.41. The van der Waals surface area contributed by atoms with Gasteiger partial charge in [0.25, 0.3) is 0 Å². The topological polar surface area (TPSA) is 49.8 Å². The van der Waals surface area contributed by atoms with E-state index in [0.29, 0.717) is 25.1 Å². The Hall–Kier alpha value is -1.46. The summed E-state index contributed by atoms with van der Waals surface area (Å²) in [7, 11) is 1.32. The van der Waals surface area contributed by atoms with Crippen LogP contribution in [0.25, 0.3) is 0 Å². The first kappa shape index (κ1) is 13.0. The van der Waals surface area contributed by atoms with Gasteiger partial charge in [0.1, 0.15) is 11.9 Å². The fourth-order valence-electron chi connectivity index (χ4n) is 2.26. The molecule has 1 N–H and O–H groups in total. The number of ether oxygens (including phenoxy) is 1. The van der Waals surface area contributed by atoms with Crippen molar-refractivity contribution in [3.63, 3.8) is 0 Å². The Morgan fingerprint density at radius 1 is 1.50 bits per heavy atom. The maximum atomic E-state index is 12.9. The molecule has 1 heterocycles. The second kappa shape index (κ2) is 5.46. The molecule has 1 aromatic carbocycles. The third-order valence-electron chi connectivity index (χ3n) is 3.17. The summed E-state index contributed by atoms with van der Waals surface area (Å²) in [4.78, 5) is 13.7. The van der Waals surface area contributed by atoms with Crippen molar-refractivity contribution in [3.05, 3.63) is 35.6 Å². The maximum absolute atomic E-state index is 12.9. The minimum atomic E-state index is -0.576. The van der Waals surface area contributed by atoms with Crippen LogP contribution in [0.4, 0.5) is 4.39 Å². The van der Waals surface area contributed by atoms with E-state index in [0.717, 1.165) is 0 Å². The van der Waals surface area contributed by atoms with Gasteiger partial charge < -0.3 is 9.84 Å². The molecule has 0 radical (unpaired) electrons. The molecule has 98 valence electrons. The van der Waals surface area contributed by atoms with E-state index >= 15 is 0 Å². The molecule has 0 spiro atoms. The van der Waals surface area contributed by atoms with Crippen molar-refractivity contribution in [2.24, 2.45) is 0 Å². The molecule has 0 aliphatic carbocycles. The van der Waals surface area contributed by atoms with Crippen LogP contribution in [0.1, 0.15) is 18.0 Å². The van der Waals surface area contributed by atoms with Crippen LogP contribution in [0.5, 0.6) is 0 Å². The maximum Gasteiger partial charge on any atom is 0.327 e. The first-order chi connectivity index (χ1) is 8.61. The molecule has 2 atom stereocenters. The summed E-state index contributed by atoms with van der Waals surface area (Å²) in [5, 5.41) is 9.54. The number of hydrogen-bond donors (Lipinski definition) is 1. The molecule has 1 aromatic rings. The minimum absolute atomic E-state index is 0.344. The number of carbonyl (C=O) groups is 1. The van der Waals surface area contributed by atoms with Crippen LogP contribution in [0, 0.1) is 5.82 Å². The Bertz CT molecular complexity index is 421. The number of benzene rings is 1. The SMILES string of the molecule is COC(=O)C(c1ccc(F)cc1)N1CCC(O)C1. The Kier molecular flexibility index (Phi) is 3.93. The number of likely N-dealkylation sites (tertiary alicyclic amines) is 1. The summed E-state index contributed by atoms with van der Waals surface area (Å²) in [6, 6.07) is 5.20. The van der Waals surface area contributed by atoms with Gasteiger partial charge in [0.2, 0.25) is 0 Å². The molecular formula is C13H16FNO3. The molecule has 0 bridgehead atoms. The van der Waals surface area contributed by atoms with Crippen LogP contribution in [0.3, 0.4) is 0 Å². The van der Waals surface area contributed by atoms with Crippen LogP contribution in [0.15, 0.2) is 24.3 Å². The number of rotatable bonds is 3. The molecular weight excluding hydrogens is 237 g/mol. The van der Waals surface area contributed by atoms with E-state index in [1.165, 1.54) is 19.2 Å². The minimum Gasteiger partial charge on any atom is -0.468 e. The van der Waals surface area contributed by atoms with E-state index in [4.69, 9.17) is 4.74 Å². The van der Waals surface area contributed by atoms with E-state index in [2.05, 4.69) is 0 Å². The lowest BCUT2D eigenvalue weighted by atomic mass is 10.1. The quantitative estimate of drug-likeness (QED) is 0.820. The molecule has 1 aliphatic rings. The van der Waals surface area contributed by atoms with Crippen molar-refractivity contribution < 1.29 is 19.0 Å². The number of aliphatic hydroxyl groups excluding tert-OH is 1. The van der Waals surface area contributed by atoms with Crippen molar-refractivity contribution in [1.29, 1.82) is 0 Å². The molecule has 18 heavy (non-hydrogen) atoms. The van der Waals surface area contributed by atoms with Crippen LogP contribution < -0.4 is 0 Å². The highest BCUT2D eigenvalue weighted by Gasteiger charge is 2.33. The first-order valence-electron chi connectivity index (χ1n) is 5.87. The molecule has 4 nitrogen and oxygen atoms in total. The molecule has 1 saturated heterocycles. The largest absolute Gasteiger partial charge is 0.468 e. The fraction of sp³-hybridized carbons (Fsp3) is 0.462. The van der Waals surface area contributed by atoms with Crippen LogP contribution in [-0.4, -0.2) is 42.3 Å². The van der Waals surface area contributed by atoms with E-state index in [9.17, 15) is 14.3 Å². The molecule has 0 amide bonds. The molecule has 0 saturated carbocycles. The van der Waals surface area contributed by atoms with Gasteiger partial charge in [-0.15, -0.1) is 0 Å². The van der Waals surface area contributed by atoms with Crippen molar-refractivity contribution >= 4 is 5.97 Å². The lowest BCUT2D eigenvalue weighted by molar-refractivity contribution is -0.147. The standard InChI is InChI=1S/C13H16FNO3/c1-18-13(17)12(15-7-6-11(16)8-15)9-2-4-10(14)5-3-9/h2-5,11-12,16H,6-8H2,1H3. The van der Waals surface area contributed by atoms with Gasteiger partial charge in [-0.2, -0.15) is 0 Å². The number of β-amino-alcohol motifs (C(OH)–C–C–N with tert-alkyl or cyclic N) is 1. The van der Waals surface area contributed by atoms with Crippen molar-refractivity contribution in [1.82, 2.24) is 4.90 Å². The predicted molar refractivity (Wildman–Crippen MR) is 63.4 cm³/mol. The number of methoxy groups -OCH3 is 1. The van der Waals surface area contributed by atoms with Gasteiger partial charge in [0, 0.05) is 13.1 Å². The number of hydrogen-bond acceptors (Lipinski definition) is 4. The van der Waals surface area contributed by atoms with Gasteiger partial charge in [-0.25, -0.2) is 9.18 Å². The summed E-state index contributed by atoms with van der Waals surface area (Å²) in [6.07, 6.45) is 0.215. The van der Waals surface area contributed by atoms with Crippen LogP contribution in [-0.2, 0) is 9.53 Å². The normalized spacial score (nSPS) is 21.8. The van der Waals surface area contributed by atoms with Gasteiger partial charge in [-0.05, 0) is 24.1 Å². The summed E-state index contributed by atoms with van der Waals surface area (Å²) in [5.41, 5.74) is 0.678. The average Bonchev–Trinajstić information content (AvgIpc) is 2.78. The van der Waals surface area contributed by atoms with E-state index in [1.807, 2.05) is 4.90 Å². The Morgan fingerprint density at radius 2 is 2.17 bits per heavy atom. The zero-order valence-corrected chi connectivity index (χ0v) is 10.2. The molecule has 0 aromatic heterocycles. The zero-order valence-electron chi connectivity index (χ0n) is 10.2. The third-order valence-corrected chi connectivity index (χ3v) is 3.17. The summed E-state index contributed by atoms with van der Waals surface area (Å²) in [6.45, 7) is 1.05. The van der Waals surface area contributed by atoms with E-state index < -0.39 is 18.1 Å². The first-order valence-corrected chi connectivity index (χ1v) is 5.87. The highest BCUT2D eigenvalue weighted by molar-refractivity contribution is 5.77. The molecule has 5 heteroatoms. The Labute approximate surface area is 105 Å². The monoisotopic (exact) mass is 253 g/mol. The van der Waals surface area contributed by atoms with Gasteiger partial charge in [-0.3, -0.25) is 4.90 Å². The molecule has 1 aliphatic heterocycles. The summed E-state index contributed by atoms with van der Waals surface area (Å²) < 4.78 is 17.7. The number of esters is 1. The highest BCUT2D eigenvalue weighted by Crippen LogP contribution is 2.26. The predicted octanol–water partition coefficient (Wildman–Crippen LogP) is 1.11. The molecule has 1 fully saturated rings. The Balaban J connectivity index is 2.25. The number of halogens is 1. The number of aliphatic hydroxyl groups is 1. The van der Waals surface area contributed by atoms with Crippen molar-refractivity contribution in [3.8, 4) is 0 Å². The number of carbonyl (C=O) groups excluding carboxylic acids is 1. The lowest BCUT2D eigenvalue weighted by Gasteiger charge is -2.25. The summed E-state index contributed by atoms with van der Waals surface area (Å²) in [5.74, 6) is -0.737. The smallest absolute Gasteiger partial charge is 0.327 e. The van der Waals surface area contributed by atoms with Gasteiger partial charge >= 0.3 is 5.97 Å². The van der Waals surface area contributed by atoms with Gasteiger partial charge in [0.15, 0.2) is 0 Å². The van der Waals surface area contributed by atoms with Gasteiger partial charge in [-0.1, -0.05) is 12.1 Å². The lowest BCUT2D eigenvalue weighted by Crippen LogP contribution is -2.33. The summed E-state index contributed by atoms with van der Waals surface area (Å²) >= 11 is 0. The highest BCUT2D eigenvalue weighted by atomic mass is 19.1. The van der Waals surface area contributed by atoms with Crippen LogP contribution >= 0.6 is 0 Å². The fourth-order valence-corrected chi connectivity index (χ4v) is 2.26. The second-order valence-corrected chi connectivity index (χ2v) is 4.41.